The van der Waals surface area contributed by atoms with Crippen LogP contribution in [0, 0.1) is 10.7 Å². The van der Waals surface area contributed by atoms with Crippen molar-refractivity contribution < 1.29 is 4.79 Å². The summed E-state index contributed by atoms with van der Waals surface area (Å²) in [5.74, 6) is -0.121. The Morgan fingerprint density at radius 1 is 0.900 bits per heavy atom. The third kappa shape index (κ3) is 4.53. The normalized spacial score (nSPS) is 10.4. The third-order valence-corrected chi connectivity index (χ3v) is 5.61. The summed E-state index contributed by atoms with van der Waals surface area (Å²) in [6, 6.07) is 9.57. The highest BCUT2D eigenvalue weighted by molar-refractivity contribution is 14.1. The zero-order chi connectivity index (χ0) is 14.9. The molecule has 0 spiro atoms. The number of rotatable bonds is 2. The van der Waals surface area contributed by atoms with E-state index in [0.717, 1.165) is 25.3 Å². The maximum absolute atomic E-state index is 12.3. The molecule has 0 bridgehead atoms. The van der Waals surface area contributed by atoms with Crippen LogP contribution in [0.4, 0.5) is 5.69 Å². The van der Waals surface area contributed by atoms with Gasteiger partial charge in [0.05, 0.1) is 5.69 Å². The third-order valence-electron chi connectivity index (χ3n) is 2.37. The van der Waals surface area contributed by atoms with Crippen molar-refractivity contribution in [3.05, 3.63) is 55.6 Å². The maximum atomic E-state index is 12.3. The molecule has 2 aromatic rings. The molecule has 7 heteroatoms. The van der Waals surface area contributed by atoms with Crippen molar-refractivity contribution in [3.8, 4) is 0 Å². The SMILES string of the molecule is O=C(Nc1c(I)cc(I)cc1I)c1cc(Br)cc(Br)c1. The van der Waals surface area contributed by atoms with Crippen LogP contribution in [-0.4, -0.2) is 5.91 Å². The van der Waals surface area contributed by atoms with Gasteiger partial charge in [0, 0.05) is 25.2 Å². The Bertz CT molecular complexity index is 648. The van der Waals surface area contributed by atoms with Gasteiger partial charge in [0.2, 0.25) is 0 Å². The van der Waals surface area contributed by atoms with Crippen molar-refractivity contribution >= 4 is 111 Å². The van der Waals surface area contributed by atoms with Crippen LogP contribution in [-0.2, 0) is 0 Å². The van der Waals surface area contributed by atoms with E-state index in [1.165, 1.54) is 0 Å². The van der Waals surface area contributed by atoms with Crippen LogP contribution in [0.15, 0.2) is 39.3 Å². The first-order valence-corrected chi connectivity index (χ1v) is 10.1. The monoisotopic (exact) mass is 731 g/mol. The second-order valence-electron chi connectivity index (χ2n) is 3.86. The number of amides is 1. The standard InChI is InChI=1S/C13H6Br2I3NO/c14-7-1-6(2-8(15)3-7)13(20)19-12-10(17)4-9(16)5-11(12)18/h1-5H,(H,19,20). The second-order valence-corrected chi connectivity index (χ2v) is 9.26. The van der Waals surface area contributed by atoms with Gasteiger partial charge in [-0.05, 0) is 98.1 Å². The number of hydrogen-bond donors (Lipinski definition) is 1. The number of nitrogens with one attached hydrogen (secondary N) is 1. The van der Waals surface area contributed by atoms with Gasteiger partial charge in [-0.15, -0.1) is 0 Å². The second kappa shape index (κ2) is 7.55. The summed E-state index contributed by atoms with van der Waals surface area (Å²) >= 11 is 13.5. The number of carbonyl (C=O) groups excluding carboxylic acids is 1. The van der Waals surface area contributed by atoms with Gasteiger partial charge in [0.15, 0.2) is 0 Å². The molecule has 1 amide bonds. The van der Waals surface area contributed by atoms with Crippen molar-refractivity contribution in [2.24, 2.45) is 0 Å². The molecular formula is C13H6Br2I3NO. The van der Waals surface area contributed by atoms with Crippen molar-refractivity contribution in [2.45, 2.75) is 0 Å². The zero-order valence-corrected chi connectivity index (χ0v) is 19.3. The molecular weight excluding hydrogens is 727 g/mol. The van der Waals surface area contributed by atoms with Gasteiger partial charge in [-0.3, -0.25) is 4.79 Å². The van der Waals surface area contributed by atoms with E-state index < -0.39 is 0 Å². The summed E-state index contributed by atoms with van der Waals surface area (Å²) in [7, 11) is 0. The van der Waals surface area contributed by atoms with E-state index >= 15 is 0 Å². The molecule has 1 N–H and O–H groups in total. The molecule has 0 radical (unpaired) electrons. The van der Waals surface area contributed by atoms with E-state index in [4.69, 9.17) is 0 Å². The quantitative estimate of drug-likeness (QED) is 0.363. The maximum Gasteiger partial charge on any atom is 0.255 e. The molecule has 0 aromatic heterocycles. The summed E-state index contributed by atoms with van der Waals surface area (Å²) in [6.07, 6.45) is 0. The topological polar surface area (TPSA) is 29.1 Å². The minimum absolute atomic E-state index is 0.121. The first-order chi connectivity index (χ1) is 9.36. The van der Waals surface area contributed by atoms with Crippen LogP contribution in [0.3, 0.4) is 0 Å². The highest BCUT2D eigenvalue weighted by atomic mass is 127. The summed E-state index contributed by atoms with van der Waals surface area (Å²) in [5, 5.41) is 2.98. The van der Waals surface area contributed by atoms with Crippen molar-refractivity contribution in [1.29, 1.82) is 0 Å². The van der Waals surface area contributed by atoms with Crippen LogP contribution in [0.5, 0.6) is 0 Å². The van der Waals surface area contributed by atoms with Gasteiger partial charge < -0.3 is 5.32 Å². The number of hydrogen-bond acceptors (Lipinski definition) is 1. The Morgan fingerprint density at radius 2 is 1.40 bits per heavy atom. The van der Waals surface area contributed by atoms with E-state index in [1.54, 1.807) is 12.1 Å². The predicted octanol–water partition coefficient (Wildman–Crippen LogP) is 6.28. The molecule has 20 heavy (non-hydrogen) atoms. The summed E-state index contributed by atoms with van der Waals surface area (Å²) < 4.78 is 4.94. The number of carbonyl (C=O) groups is 1. The molecule has 0 saturated heterocycles. The van der Waals surface area contributed by atoms with Gasteiger partial charge in [-0.25, -0.2) is 0 Å². The van der Waals surface area contributed by atoms with Gasteiger partial charge in [-0.1, -0.05) is 31.9 Å². The zero-order valence-electron chi connectivity index (χ0n) is 9.68. The number of anilines is 1. The van der Waals surface area contributed by atoms with Crippen molar-refractivity contribution in [3.63, 3.8) is 0 Å². The van der Waals surface area contributed by atoms with Crippen LogP contribution in [0.25, 0.3) is 0 Å². The fourth-order valence-electron chi connectivity index (χ4n) is 1.53. The lowest BCUT2D eigenvalue weighted by atomic mass is 10.2. The van der Waals surface area contributed by atoms with E-state index in [9.17, 15) is 4.79 Å². The average Bonchev–Trinajstić information content (AvgIpc) is 2.32. The van der Waals surface area contributed by atoms with E-state index in [1.807, 2.05) is 18.2 Å². The molecule has 0 atom stereocenters. The molecule has 0 aliphatic rings. The predicted molar refractivity (Wildman–Crippen MR) is 114 cm³/mol. The minimum atomic E-state index is -0.121. The molecule has 104 valence electrons. The van der Waals surface area contributed by atoms with Crippen LogP contribution in [0.1, 0.15) is 10.4 Å². The minimum Gasteiger partial charge on any atom is -0.320 e. The summed E-state index contributed by atoms with van der Waals surface area (Å²) in [5.41, 5.74) is 1.46. The van der Waals surface area contributed by atoms with Crippen LogP contribution in [0.2, 0.25) is 0 Å². The Kier molecular flexibility index (Phi) is 6.58. The van der Waals surface area contributed by atoms with E-state index in [2.05, 4.69) is 105 Å². The van der Waals surface area contributed by atoms with E-state index in [0.29, 0.717) is 5.56 Å². The Labute approximate surface area is 174 Å². The number of halogens is 5. The smallest absolute Gasteiger partial charge is 0.255 e. The molecule has 0 aliphatic carbocycles. The van der Waals surface area contributed by atoms with Crippen LogP contribution >= 0.6 is 99.6 Å². The molecule has 0 aliphatic heterocycles. The molecule has 2 aromatic carbocycles. The summed E-state index contributed by atoms with van der Waals surface area (Å²) in [4.78, 5) is 12.3. The fourth-order valence-corrected chi connectivity index (χ4v) is 6.68. The van der Waals surface area contributed by atoms with Crippen molar-refractivity contribution in [2.75, 3.05) is 5.32 Å². The van der Waals surface area contributed by atoms with E-state index in [-0.39, 0.29) is 5.91 Å². The highest BCUT2D eigenvalue weighted by Gasteiger charge is 2.13. The summed E-state index contributed by atoms with van der Waals surface area (Å²) in [6.45, 7) is 0. The molecule has 0 unspecified atom stereocenters. The first-order valence-electron chi connectivity index (χ1n) is 5.29. The highest BCUT2D eigenvalue weighted by Crippen LogP contribution is 2.28. The Morgan fingerprint density at radius 3 is 1.90 bits per heavy atom. The van der Waals surface area contributed by atoms with Gasteiger partial charge >= 0.3 is 0 Å². The first kappa shape index (κ1) is 17.4. The molecule has 0 saturated carbocycles. The molecule has 0 heterocycles. The fraction of sp³-hybridized carbons (Fsp3) is 0. The lowest BCUT2D eigenvalue weighted by Gasteiger charge is -2.11. The number of benzene rings is 2. The Hall–Kier alpha value is 1.06. The lowest BCUT2D eigenvalue weighted by molar-refractivity contribution is 0.102. The molecule has 0 fully saturated rings. The lowest BCUT2D eigenvalue weighted by Crippen LogP contribution is -2.14. The van der Waals surface area contributed by atoms with Gasteiger partial charge in [0.25, 0.3) is 5.91 Å². The van der Waals surface area contributed by atoms with Crippen LogP contribution < -0.4 is 5.32 Å². The van der Waals surface area contributed by atoms with Gasteiger partial charge in [-0.2, -0.15) is 0 Å². The van der Waals surface area contributed by atoms with Crippen molar-refractivity contribution in [1.82, 2.24) is 0 Å². The Balaban J connectivity index is 2.32. The van der Waals surface area contributed by atoms with Gasteiger partial charge in [0.1, 0.15) is 0 Å². The average molecular weight is 733 g/mol. The largest absolute Gasteiger partial charge is 0.320 e. The molecule has 2 nitrogen and oxygen atoms in total. The molecule has 2 rings (SSSR count).